The summed E-state index contributed by atoms with van der Waals surface area (Å²) in [4.78, 5) is 16.7. The van der Waals surface area contributed by atoms with E-state index >= 15 is 0 Å². The van der Waals surface area contributed by atoms with Gasteiger partial charge in [0.15, 0.2) is 9.84 Å². The number of halogens is 2. The molecule has 0 spiro atoms. The second kappa shape index (κ2) is 9.04. The number of nitrogens with zero attached hydrogens (tertiary/aromatic N) is 1. The van der Waals surface area contributed by atoms with Crippen LogP contribution in [0.15, 0.2) is 59.6 Å². The lowest BCUT2D eigenvalue weighted by Crippen LogP contribution is -2.14. The number of anilines is 1. The quantitative estimate of drug-likeness (QED) is 0.573. The van der Waals surface area contributed by atoms with E-state index in [1.807, 2.05) is 0 Å². The number of hydrogen-bond donors (Lipinski definition) is 1. The van der Waals surface area contributed by atoms with Gasteiger partial charge >= 0.3 is 0 Å². The van der Waals surface area contributed by atoms with E-state index in [2.05, 4.69) is 10.3 Å². The first-order chi connectivity index (χ1) is 14.2. The number of hydrogen-bond acceptors (Lipinski definition) is 5. The van der Waals surface area contributed by atoms with Crippen LogP contribution in [0.1, 0.15) is 5.56 Å². The average Bonchev–Trinajstić information content (AvgIpc) is 2.67. The minimum atomic E-state index is -3.28. The third-order valence-electron chi connectivity index (χ3n) is 4.28. The molecule has 0 saturated carbocycles. The van der Waals surface area contributed by atoms with E-state index in [-0.39, 0.29) is 17.2 Å². The fraction of sp³-hybridized carbons (Fsp3) is 0.143. The van der Waals surface area contributed by atoms with E-state index in [1.54, 1.807) is 42.6 Å². The first kappa shape index (κ1) is 22.1. The molecule has 0 unspecified atom stereocenters. The highest BCUT2D eigenvalue weighted by atomic mass is 35.5. The van der Waals surface area contributed by atoms with Gasteiger partial charge in [-0.25, -0.2) is 13.4 Å². The number of rotatable bonds is 6. The lowest BCUT2D eigenvalue weighted by Gasteiger charge is -2.13. The predicted octanol–water partition coefficient (Wildman–Crippen LogP) is 4.65. The number of aromatic nitrogens is 1. The van der Waals surface area contributed by atoms with Crippen molar-refractivity contribution >= 4 is 44.6 Å². The molecule has 0 bridgehead atoms. The van der Waals surface area contributed by atoms with Crippen LogP contribution in [0, 0.1) is 0 Å². The summed E-state index contributed by atoms with van der Waals surface area (Å²) >= 11 is 12.9. The van der Waals surface area contributed by atoms with Crippen molar-refractivity contribution in [1.29, 1.82) is 0 Å². The van der Waals surface area contributed by atoms with E-state index in [0.717, 1.165) is 6.26 Å². The van der Waals surface area contributed by atoms with Gasteiger partial charge in [0.05, 0.1) is 28.5 Å². The highest BCUT2D eigenvalue weighted by Gasteiger charge is 2.16. The standard InChI is InChI=1S/C21H18Cl2N2O4S/c1-29-21-16(4-3-9-24-21)20-17(22)11-14(12-18(20)23)25-19(26)10-13-5-7-15(8-6-13)30(2,27)28/h3-9,11-12H,10H2,1-2H3,(H,25,26). The predicted molar refractivity (Wildman–Crippen MR) is 118 cm³/mol. The fourth-order valence-corrected chi connectivity index (χ4v) is 4.21. The summed E-state index contributed by atoms with van der Waals surface area (Å²) in [6.45, 7) is 0. The topological polar surface area (TPSA) is 85.4 Å². The average molecular weight is 465 g/mol. The Labute approximate surface area is 184 Å². The Bertz CT molecular complexity index is 1170. The number of pyridine rings is 1. The largest absolute Gasteiger partial charge is 0.481 e. The maximum absolute atomic E-state index is 12.4. The summed E-state index contributed by atoms with van der Waals surface area (Å²) in [6.07, 6.45) is 2.80. The molecule has 0 fully saturated rings. The minimum absolute atomic E-state index is 0.0669. The lowest BCUT2D eigenvalue weighted by atomic mass is 10.1. The Hall–Kier alpha value is -2.61. The maximum Gasteiger partial charge on any atom is 0.228 e. The number of benzene rings is 2. The Balaban J connectivity index is 1.78. The van der Waals surface area contributed by atoms with E-state index < -0.39 is 9.84 Å². The summed E-state index contributed by atoms with van der Waals surface area (Å²) in [7, 11) is -1.78. The van der Waals surface area contributed by atoms with Gasteiger partial charge in [0.25, 0.3) is 0 Å². The van der Waals surface area contributed by atoms with Gasteiger partial charge in [0.2, 0.25) is 11.8 Å². The molecule has 156 valence electrons. The molecule has 6 nitrogen and oxygen atoms in total. The summed E-state index contributed by atoms with van der Waals surface area (Å²) in [5.74, 6) is 0.0940. The SMILES string of the molecule is COc1ncccc1-c1c(Cl)cc(NC(=O)Cc2ccc(S(C)(=O)=O)cc2)cc1Cl. The molecule has 0 aliphatic heterocycles. The fourth-order valence-electron chi connectivity index (χ4n) is 2.89. The normalized spacial score (nSPS) is 11.2. The monoisotopic (exact) mass is 464 g/mol. The van der Waals surface area contributed by atoms with Crippen LogP contribution < -0.4 is 10.1 Å². The zero-order valence-corrected chi connectivity index (χ0v) is 18.5. The molecule has 0 aliphatic rings. The first-order valence-electron chi connectivity index (χ1n) is 8.76. The molecule has 1 N–H and O–H groups in total. The number of ether oxygens (including phenoxy) is 1. The molecule has 9 heteroatoms. The molecule has 0 radical (unpaired) electrons. The van der Waals surface area contributed by atoms with Crippen LogP contribution in [-0.2, 0) is 21.1 Å². The summed E-state index contributed by atoms with van der Waals surface area (Å²) in [5.41, 5.74) is 2.31. The third-order valence-corrected chi connectivity index (χ3v) is 6.00. The number of nitrogens with one attached hydrogen (secondary N) is 1. The lowest BCUT2D eigenvalue weighted by molar-refractivity contribution is -0.115. The molecule has 0 saturated heterocycles. The van der Waals surface area contributed by atoms with Crippen LogP contribution in [-0.4, -0.2) is 32.7 Å². The molecule has 2 aromatic carbocycles. The van der Waals surface area contributed by atoms with Gasteiger partial charge in [-0.3, -0.25) is 4.79 Å². The summed E-state index contributed by atoms with van der Waals surface area (Å²) in [6, 6.07) is 12.9. The number of carbonyl (C=O) groups excluding carboxylic acids is 1. The van der Waals surface area contributed by atoms with Gasteiger partial charge in [-0.2, -0.15) is 0 Å². The second-order valence-corrected chi connectivity index (χ2v) is 9.35. The number of amides is 1. The number of carbonyl (C=O) groups is 1. The molecule has 1 amide bonds. The first-order valence-corrected chi connectivity index (χ1v) is 11.4. The van der Waals surface area contributed by atoms with Crippen LogP contribution in [0.25, 0.3) is 11.1 Å². The van der Waals surface area contributed by atoms with Gasteiger partial charge in [0, 0.05) is 29.3 Å². The molecular weight excluding hydrogens is 447 g/mol. The van der Waals surface area contributed by atoms with Crippen molar-refractivity contribution in [3.05, 3.63) is 70.3 Å². The highest BCUT2D eigenvalue weighted by Crippen LogP contribution is 2.40. The second-order valence-electron chi connectivity index (χ2n) is 6.52. The van der Waals surface area contributed by atoms with Gasteiger partial charge in [0.1, 0.15) is 0 Å². The number of methoxy groups -OCH3 is 1. The van der Waals surface area contributed by atoms with E-state index in [1.165, 1.54) is 19.2 Å². The van der Waals surface area contributed by atoms with Crippen LogP contribution in [0.5, 0.6) is 5.88 Å². The Morgan fingerprint density at radius 1 is 1.10 bits per heavy atom. The summed E-state index contributed by atoms with van der Waals surface area (Å²) < 4.78 is 28.3. The molecule has 3 rings (SSSR count). The molecule has 3 aromatic rings. The van der Waals surface area contributed by atoms with E-state index in [9.17, 15) is 13.2 Å². The maximum atomic E-state index is 12.4. The van der Waals surface area contributed by atoms with Crippen molar-refractivity contribution in [2.75, 3.05) is 18.7 Å². The van der Waals surface area contributed by atoms with E-state index in [0.29, 0.717) is 38.3 Å². The van der Waals surface area contributed by atoms with Crippen molar-refractivity contribution in [3.63, 3.8) is 0 Å². The van der Waals surface area contributed by atoms with Crippen LogP contribution in [0.4, 0.5) is 5.69 Å². The molecule has 0 aliphatic carbocycles. The van der Waals surface area contributed by atoms with E-state index in [4.69, 9.17) is 27.9 Å². The smallest absolute Gasteiger partial charge is 0.228 e. The highest BCUT2D eigenvalue weighted by molar-refractivity contribution is 7.90. The molecule has 1 aromatic heterocycles. The van der Waals surface area contributed by atoms with Crippen molar-refractivity contribution < 1.29 is 17.9 Å². The Morgan fingerprint density at radius 3 is 2.30 bits per heavy atom. The van der Waals surface area contributed by atoms with Gasteiger partial charge in [-0.15, -0.1) is 0 Å². The Kier molecular flexibility index (Phi) is 6.65. The zero-order chi connectivity index (χ0) is 21.9. The third kappa shape index (κ3) is 5.11. The van der Waals surface area contributed by atoms with Crippen LogP contribution >= 0.6 is 23.2 Å². The van der Waals surface area contributed by atoms with Crippen molar-refractivity contribution in [1.82, 2.24) is 4.98 Å². The van der Waals surface area contributed by atoms with Gasteiger partial charge in [-0.1, -0.05) is 35.3 Å². The molecule has 30 heavy (non-hydrogen) atoms. The van der Waals surface area contributed by atoms with Crippen molar-refractivity contribution in [2.45, 2.75) is 11.3 Å². The molecule has 1 heterocycles. The van der Waals surface area contributed by atoms with Crippen LogP contribution in [0.3, 0.4) is 0 Å². The number of sulfone groups is 1. The Morgan fingerprint density at radius 2 is 1.73 bits per heavy atom. The van der Waals surface area contributed by atoms with Gasteiger partial charge in [-0.05, 0) is 42.0 Å². The zero-order valence-electron chi connectivity index (χ0n) is 16.1. The van der Waals surface area contributed by atoms with Gasteiger partial charge < -0.3 is 10.1 Å². The van der Waals surface area contributed by atoms with Crippen molar-refractivity contribution in [3.8, 4) is 17.0 Å². The summed E-state index contributed by atoms with van der Waals surface area (Å²) in [5, 5.41) is 3.42. The molecular formula is C21H18Cl2N2O4S. The minimum Gasteiger partial charge on any atom is -0.481 e. The van der Waals surface area contributed by atoms with Crippen LogP contribution in [0.2, 0.25) is 10.0 Å². The van der Waals surface area contributed by atoms with Crippen molar-refractivity contribution in [2.24, 2.45) is 0 Å². The molecule has 0 atom stereocenters.